The van der Waals surface area contributed by atoms with Crippen molar-refractivity contribution in [2.24, 2.45) is 0 Å². The second kappa shape index (κ2) is 12.7. The number of hydrogen-bond acceptors (Lipinski definition) is 17. The summed E-state index contributed by atoms with van der Waals surface area (Å²) >= 11 is 2.19. The predicted molar refractivity (Wildman–Crippen MR) is 143 cm³/mol. The number of nitrogens with zero attached hydrogens (tertiary/aromatic N) is 5. The first-order valence-electron chi connectivity index (χ1n) is 12.9. The molecule has 10 atom stereocenters. The molecule has 0 saturated carbocycles. The van der Waals surface area contributed by atoms with Crippen LogP contribution >= 0.6 is 22.7 Å². The van der Waals surface area contributed by atoms with Gasteiger partial charge in [-0.1, -0.05) is 5.21 Å². The molecule has 5 heterocycles. The van der Waals surface area contributed by atoms with E-state index >= 15 is 0 Å². The Morgan fingerprint density at radius 1 is 0.976 bits per heavy atom. The quantitative estimate of drug-likeness (QED) is 0.119. The molecule has 0 aromatic carbocycles. The fourth-order valence-electron chi connectivity index (χ4n) is 4.79. The molecule has 5 rings (SSSR count). The van der Waals surface area contributed by atoms with Gasteiger partial charge in [-0.3, -0.25) is 4.79 Å². The molecule has 2 saturated heterocycles. The lowest BCUT2D eigenvalue weighted by Gasteiger charge is -2.39. The van der Waals surface area contributed by atoms with E-state index in [-0.39, 0.29) is 18.7 Å². The minimum absolute atomic E-state index is 0.00790. The first kappa shape index (κ1) is 31.1. The van der Waals surface area contributed by atoms with Crippen molar-refractivity contribution < 1.29 is 54.8 Å². The third-order valence-electron chi connectivity index (χ3n) is 7.17. The second-order valence-electron chi connectivity index (χ2n) is 10.0. The Hall–Kier alpha value is -2.33. The largest absolute Gasteiger partial charge is 0.394 e. The maximum atomic E-state index is 13.3. The molecule has 2 aliphatic heterocycles. The molecule has 16 nitrogen and oxygen atoms in total. The predicted octanol–water partition coefficient (Wildman–Crippen LogP) is -2.76. The van der Waals surface area contributed by atoms with Crippen LogP contribution in [0.15, 0.2) is 12.4 Å². The molecule has 0 aliphatic carbocycles. The molecule has 42 heavy (non-hydrogen) atoms. The minimum atomic E-state index is -1.50. The van der Waals surface area contributed by atoms with Gasteiger partial charge in [0.05, 0.1) is 45.9 Å². The van der Waals surface area contributed by atoms with Crippen LogP contribution in [-0.4, -0.2) is 141 Å². The van der Waals surface area contributed by atoms with Gasteiger partial charge >= 0.3 is 0 Å². The van der Waals surface area contributed by atoms with Crippen molar-refractivity contribution in [3.8, 4) is 10.7 Å². The van der Waals surface area contributed by atoms with Crippen molar-refractivity contribution in [2.45, 2.75) is 81.1 Å². The highest BCUT2D eigenvalue weighted by Gasteiger charge is 2.45. The van der Waals surface area contributed by atoms with Gasteiger partial charge in [-0.05, 0) is 6.92 Å². The SMILES string of the molecule is CO[C@H]1O[C@H](Cn2cc(-c3nc(C)c(C(=O)c4cnc(C[C@H]5O[C@H](CO)[C@@H](O)[C@H](O)[C@@H]5O)s4)s3)nn2)[C@@H](O)[C@H](O)[C@@H]1O. The smallest absolute Gasteiger partial charge is 0.216 e. The number of aryl methyl sites for hydroxylation is 1. The molecule has 0 spiro atoms. The highest BCUT2D eigenvalue weighted by atomic mass is 32.1. The number of ketones is 1. The van der Waals surface area contributed by atoms with Crippen LogP contribution in [0.1, 0.15) is 25.3 Å². The van der Waals surface area contributed by atoms with Crippen LogP contribution in [0.5, 0.6) is 0 Å². The average molecular weight is 630 g/mol. The Kier molecular flexibility index (Phi) is 9.42. The van der Waals surface area contributed by atoms with Gasteiger partial charge in [-0.25, -0.2) is 14.6 Å². The third-order valence-corrected chi connectivity index (χ3v) is 9.37. The lowest BCUT2D eigenvalue weighted by atomic mass is 9.94. The summed E-state index contributed by atoms with van der Waals surface area (Å²) in [6.45, 7) is 1.13. The molecule has 0 unspecified atom stereocenters. The zero-order chi connectivity index (χ0) is 30.3. The Morgan fingerprint density at radius 3 is 2.38 bits per heavy atom. The van der Waals surface area contributed by atoms with E-state index in [1.54, 1.807) is 13.1 Å². The number of carbonyl (C=O) groups excluding carboxylic acids is 1. The molecule has 2 fully saturated rings. The topological polar surface area (TPSA) is 243 Å². The number of aliphatic hydroxyl groups is 7. The number of methoxy groups -OCH3 is 1. The first-order chi connectivity index (χ1) is 20.0. The maximum Gasteiger partial charge on any atom is 0.216 e. The number of aliphatic hydroxyl groups excluding tert-OH is 7. The molecular formula is C24H31N5O11S2. The normalized spacial score (nSPS) is 33.6. The van der Waals surface area contributed by atoms with E-state index in [1.165, 1.54) is 18.0 Å². The van der Waals surface area contributed by atoms with Gasteiger partial charge < -0.3 is 50.0 Å². The van der Waals surface area contributed by atoms with Crippen molar-refractivity contribution in [1.82, 2.24) is 25.0 Å². The molecule has 230 valence electrons. The standard InChI is InChI=1S/C24H31N5O11S2/c1-8-22(18(34)13-4-25-14(41-13)3-10-15(31)19(35)17(33)12(7-30)39-10)42-23(26-8)9-5-29(28-27-9)6-11-16(32)20(36)21(37)24(38-2)40-11/h4-5,10-12,15-17,19-21,24,30-33,35-37H,3,6-7H2,1-2H3/t10-,11-,12-,15-,16-,17-,19-,20+,21+,24+/m1/s1. The minimum Gasteiger partial charge on any atom is -0.394 e. The van der Waals surface area contributed by atoms with E-state index in [0.29, 0.717) is 31.2 Å². The zero-order valence-electron chi connectivity index (χ0n) is 22.4. The Morgan fingerprint density at radius 2 is 1.67 bits per heavy atom. The Labute approximate surface area is 246 Å². The summed E-state index contributed by atoms with van der Waals surface area (Å²) in [6.07, 6.45) is -9.70. The number of carbonyl (C=O) groups is 1. The number of hydrogen-bond donors (Lipinski definition) is 7. The summed E-state index contributed by atoms with van der Waals surface area (Å²) in [4.78, 5) is 22.7. The molecule has 2 aliphatic rings. The van der Waals surface area contributed by atoms with Crippen LogP contribution in [-0.2, 0) is 27.2 Å². The summed E-state index contributed by atoms with van der Waals surface area (Å²) in [5.74, 6) is -0.321. The van der Waals surface area contributed by atoms with Crippen molar-refractivity contribution in [3.05, 3.63) is 32.8 Å². The van der Waals surface area contributed by atoms with Crippen LogP contribution in [0, 0.1) is 6.92 Å². The number of thiazole rings is 2. The molecule has 0 radical (unpaired) electrons. The lowest BCUT2D eigenvalue weighted by Crippen LogP contribution is -2.58. The molecule has 18 heteroatoms. The van der Waals surface area contributed by atoms with Gasteiger partial charge in [-0.15, -0.1) is 27.8 Å². The second-order valence-corrected chi connectivity index (χ2v) is 12.1. The van der Waals surface area contributed by atoms with Crippen LogP contribution < -0.4 is 0 Å². The molecule has 3 aromatic heterocycles. The van der Waals surface area contributed by atoms with Crippen molar-refractivity contribution in [2.75, 3.05) is 13.7 Å². The van der Waals surface area contributed by atoms with Crippen molar-refractivity contribution in [1.29, 1.82) is 0 Å². The van der Waals surface area contributed by atoms with E-state index in [2.05, 4.69) is 20.3 Å². The third kappa shape index (κ3) is 6.03. The molecule has 0 bridgehead atoms. The fraction of sp³-hybridized carbons (Fsp3) is 0.625. The summed E-state index contributed by atoms with van der Waals surface area (Å²) in [7, 11) is 1.31. The molecular weight excluding hydrogens is 598 g/mol. The Balaban J connectivity index is 1.26. The monoisotopic (exact) mass is 629 g/mol. The highest BCUT2D eigenvalue weighted by Crippen LogP contribution is 2.31. The van der Waals surface area contributed by atoms with E-state index in [1.807, 2.05) is 0 Å². The molecule has 0 amide bonds. The summed E-state index contributed by atoms with van der Waals surface area (Å²) < 4.78 is 17.5. The molecule has 7 N–H and O–H groups in total. The van der Waals surface area contributed by atoms with Gasteiger partial charge in [-0.2, -0.15) is 0 Å². The van der Waals surface area contributed by atoms with Crippen molar-refractivity contribution in [3.63, 3.8) is 0 Å². The summed E-state index contributed by atoms with van der Waals surface area (Å²) in [6, 6.07) is 0. The Bertz CT molecular complexity index is 1380. The number of ether oxygens (including phenoxy) is 3. The first-order valence-corrected chi connectivity index (χ1v) is 14.6. The summed E-state index contributed by atoms with van der Waals surface area (Å²) in [5.41, 5.74) is 0.827. The van der Waals surface area contributed by atoms with E-state index in [0.717, 1.165) is 22.7 Å². The fourth-order valence-corrected chi connectivity index (χ4v) is 6.73. The van der Waals surface area contributed by atoms with Crippen molar-refractivity contribution >= 4 is 28.5 Å². The van der Waals surface area contributed by atoms with Crippen LogP contribution in [0.4, 0.5) is 0 Å². The zero-order valence-corrected chi connectivity index (χ0v) is 24.0. The van der Waals surface area contributed by atoms with E-state index in [9.17, 15) is 40.5 Å². The van der Waals surface area contributed by atoms with Crippen LogP contribution in [0.3, 0.4) is 0 Å². The van der Waals surface area contributed by atoms with Crippen LogP contribution in [0.25, 0.3) is 10.7 Å². The van der Waals surface area contributed by atoms with Gasteiger partial charge in [0.1, 0.15) is 59.5 Å². The van der Waals surface area contributed by atoms with E-state index < -0.39 is 67.8 Å². The summed E-state index contributed by atoms with van der Waals surface area (Å²) in [5, 5.41) is 79.1. The average Bonchev–Trinajstić information content (AvgIpc) is 3.73. The number of aromatic nitrogens is 5. The highest BCUT2D eigenvalue weighted by molar-refractivity contribution is 7.19. The lowest BCUT2D eigenvalue weighted by molar-refractivity contribution is -0.292. The van der Waals surface area contributed by atoms with Gasteiger partial charge in [0.25, 0.3) is 0 Å². The molecule has 3 aromatic rings. The number of rotatable bonds is 9. The van der Waals surface area contributed by atoms with Crippen LogP contribution in [0.2, 0.25) is 0 Å². The van der Waals surface area contributed by atoms with Gasteiger partial charge in [0.15, 0.2) is 6.29 Å². The van der Waals surface area contributed by atoms with Gasteiger partial charge in [0, 0.05) is 19.7 Å². The maximum absolute atomic E-state index is 13.3. The van der Waals surface area contributed by atoms with E-state index in [4.69, 9.17) is 14.2 Å². The van der Waals surface area contributed by atoms with Gasteiger partial charge in [0.2, 0.25) is 5.78 Å².